The fraction of sp³-hybridized carbons (Fsp3) is 0.0758. The predicted molar refractivity (Wildman–Crippen MR) is 291 cm³/mol. The molecule has 0 unspecified atom stereocenters. The van der Waals surface area contributed by atoms with Crippen molar-refractivity contribution in [3.8, 4) is 73.1 Å². The second-order valence-electron chi connectivity index (χ2n) is 19.1. The molecule has 346 valence electrons. The van der Waals surface area contributed by atoms with Gasteiger partial charge in [0.05, 0.1) is 44.6 Å². The Morgan fingerprint density at radius 1 is 0.347 bits per heavy atom. The number of aryl methyl sites for hydroxylation is 4. The van der Waals surface area contributed by atoms with Crippen LogP contribution in [0.2, 0.25) is 0 Å². The first kappa shape index (κ1) is 44.3. The molecule has 12 rings (SSSR count). The van der Waals surface area contributed by atoms with Crippen molar-refractivity contribution >= 4 is 43.6 Å². The maximum atomic E-state index is 15.4. The molecule has 0 atom stereocenters. The molecule has 0 amide bonds. The number of hydrogen-bond acceptors (Lipinski definition) is 1. The standard InChI is InChI=1S/C66H46F3N3/c1-40-9-17-44(18-10-40)48-25-29-60-54(33-48)55-34-49(45-19-11-41(2)12-20-45)26-30-61(55)71(60)64-38-58(53-7-5-6-8-59(53)66(67,68)69)65(37-52(64)39-70)72-62-31-27-50(46-21-13-42(3)14-22-46)35-56(62)57-36-51(28-32-63(57)72)47-23-15-43(4)16-24-47/h5-38H,1-4H3. The van der Waals surface area contributed by atoms with E-state index in [1.807, 2.05) is 4.57 Å². The summed E-state index contributed by atoms with van der Waals surface area (Å²) in [7, 11) is 0. The van der Waals surface area contributed by atoms with Crippen LogP contribution in [0.15, 0.2) is 206 Å². The zero-order chi connectivity index (χ0) is 49.4. The summed E-state index contributed by atoms with van der Waals surface area (Å²) in [5.74, 6) is 0. The van der Waals surface area contributed by atoms with Gasteiger partial charge in [-0.05, 0) is 144 Å². The fourth-order valence-corrected chi connectivity index (χ4v) is 10.5. The van der Waals surface area contributed by atoms with E-state index in [1.165, 1.54) is 6.07 Å². The number of rotatable bonds is 7. The Kier molecular flexibility index (Phi) is 10.6. The van der Waals surface area contributed by atoms with E-state index in [2.05, 4.69) is 208 Å². The quantitative estimate of drug-likeness (QED) is 0.157. The Morgan fingerprint density at radius 3 is 1.00 bits per heavy atom. The van der Waals surface area contributed by atoms with Crippen molar-refractivity contribution < 1.29 is 13.2 Å². The summed E-state index contributed by atoms with van der Waals surface area (Å²) in [6, 6.07) is 70.8. The number of aromatic nitrogens is 2. The van der Waals surface area contributed by atoms with Gasteiger partial charge in [-0.2, -0.15) is 18.4 Å². The van der Waals surface area contributed by atoms with Crippen LogP contribution in [-0.4, -0.2) is 9.13 Å². The second kappa shape index (κ2) is 17.2. The number of alkyl halides is 3. The van der Waals surface area contributed by atoms with Crippen molar-refractivity contribution in [3.63, 3.8) is 0 Å². The lowest BCUT2D eigenvalue weighted by Gasteiger charge is -2.21. The van der Waals surface area contributed by atoms with Crippen molar-refractivity contribution in [2.45, 2.75) is 33.9 Å². The van der Waals surface area contributed by atoms with Gasteiger partial charge in [0.25, 0.3) is 0 Å². The second-order valence-corrected chi connectivity index (χ2v) is 19.1. The van der Waals surface area contributed by atoms with E-state index in [0.717, 1.165) is 116 Å². The number of nitriles is 1. The lowest BCUT2D eigenvalue weighted by atomic mass is 9.95. The highest BCUT2D eigenvalue weighted by molar-refractivity contribution is 6.14. The molecule has 0 N–H and O–H groups in total. The van der Waals surface area contributed by atoms with E-state index in [1.54, 1.807) is 24.3 Å². The molecule has 12 aromatic rings. The summed E-state index contributed by atoms with van der Waals surface area (Å²) in [6.45, 7) is 8.26. The molecule has 10 aromatic carbocycles. The molecule has 0 aliphatic carbocycles. The topological polar surface area (TPSA) is 33.6 Å². The van der Waals surface area contributed by atoms with Crippen LogP contribution in [-0.2, 0) is 6.18 Å². The highest BCUT2D eigenvalue weighted by Crippen LogP contribution is 2.46. The lowest BCUT2D eigenvalue weighted by Crippen LogP contribution is -2.09. The average Bonchev–Trinajstić information content (AvgIpc) is 3.90. The number of nitrogens with zero attached hydrogens (tertiary/aromatic N) is 3. The van der Waals surface area contributed by atoms with E-state index in [-0.39, 0.29) is 5.56 Å². The molecule has 3 nitrogen and oxygen atoms in total. The van der Waals surface area contributed by atoms with Gasteiger partial charge in [0, 0.05) is 27.1 Å². The van der Waals surface area contributed by atoms with Crippen LogP contribution >= 0.6 is 0 Å². The predicted octanol–water partition coefficient (Wildman–Crippen LogP) is 18.3. The molecular weight excluding hydrogens is 892 g/mol. The summed E-state index contributed by atoms with van der Waals surface area (Å²) in [6.07, 6.45) is -4.68. The van der Waals surface area contributed by atoms with Crippen LogP contribution in [0.1, 0.15) is 33.4 Å². The third-order valence-corrected chi connectivity index (χ3v) is 14.3. The highest BCUT2D eigenvalue weighted by atomic mass is 19.4. The maximum Gasteiger partial charge on any atom is 0.417 e. The largest absolute Gasteiger partial charge is 0.417 e. The molecule has 0 bridgehead atoms. The van der Waals surface area contributed by atoms with Gasteiger partial charge >= 0.3 is 6.18 Å². The Hall–Kier alpha value is -8.92. The number of halogens is 3. The lowest BCUT2D eigenvalue weighted by molar-refractivity contribution is -0.137. The minimum atomic E-state index is -4.68. The highest BCUT2D eigenvalue weighted by Gasteiger charge is 2.35. The van der Waals surface area contributed by atoms with Crippen molar-refractivity contribution in [1.82, 2.24) is 9.13 Å². The van der Waals surface area contributed by atoms with Crippen LogP contribution in [0.4, 0.5) is 13.2 Å². The van der Waals surface area contributed by atoms with Crippen LogP contribution in [0.25, 0.3) is 111 Å². The van der Waals surface area contributed by atoms with Crippen LogP contribution in [0.5, 0.6) is 0 Å². The smallest absolute Gasteiger partial charge is 0.309 e. The number of hydrogen-bond donors (Lipinski definition) is 0. The number of benzene rings is 10. The minimum Gasteiger partial charge on any atom is -0.309 e. The van der Waals surface area contributed by atoms with Gasteiger partial charge in [-0.3, -0.25) is 0 Å². The molecule has 0 aliphatic rings. The van der Waals surface area contributed by atoms with Gasteiger partial charge in [0.1, 0.15) is 6.07 Å². The van der Waals surface area contributed by atoms with Gasteiger partial charge in [-0.1, -0.05) is 162 Å². The third kappa shape index (κ3) is 7.62. The molecule has 0 aliphatic heterocycles. The summed E-state index contributed by atoms with van der Waals surface area (Å²) >= 11 is 0. The van der Waals surface area contributed by atoms with E-state index < -0.39 is 11.7 Å². The van der Waals surface area contributed by atoms with Gasteiger partial charge in [0.2, 0.25) is 0 Å². The first-order valence-electron chi connectivity index (χ1n) is 24.1. The molecule has 0 saturated heterocycles. The van der Waals surface area contributed by atoms with E-state index >= 15 is 13.2 Å². The third-order valence-electron chi connectivity index (χ3n) is 14.3. The zero-order valence-electron chi connectivity index (χ0n) is 40.1. The van der Waals surface area contributed by atoms with Crippen molar-refractivity contribution in [2.75, 3.05) is 0 Å². The summed E-state index contributed by atoms with van der Waals surface area (Å²) in [4.78, 5) is 0. The van der Waals surface area contributed by atoms with Gasteiger partial charge in [-0.25, -0.2) is 0 Å². The van der Waals surface area contributed by atoms with Gasteiger partial charge in [-0.15, -0.1) is 0 Å². The Balaban J connectivity index is 1.16. The molecular formula is C66H46F3N3. The Labute approximate surface area is 415 Å². The molecule has 0 fully saturated rings. The zero-order valence-corrected chi connectivity index (χ0v) is 40.1. The van der Waals surface area contributed by atoms with Gasteiger partial charge in [0.15, 0.2) is 0 Å². The molecule has 72 heavy (non-hydrogen) atoms. The Morgan fingerprint density at radius 2 is 0.667 bits per heavy atom. The molecule has 2 heterocycles. The van der Waals surface area contributed by atoms with Crippen LogP contribution < -0.4 is 0 Å². The average molecular weight is 938 g/mol. The Bertz CT molecular complexity index is 3940. The fourth-order valence-electron chi connectivity index (χ4n) is 10.5. The monoisotopic (exact) mass is 937 g/mol. The minimum absolute atomic E-state index is 0.0115. The first-order chi connectivity index (χ1) is 34.9. The normalized spacial score (nSPS) is 11.8. The van der Waals surface area contributed by atoms with Crippen LogP contribution in [0, 0.1) is 39.0 Å². The summed E-state index contributed by atoms with van der Waals surface area (Å²) in [5.41, 5.74) is 17.0. The maximum absolute atomic E-state index is 15.4. The van der Waals surface area contributed by atoms with E-state index in [9.17, 15) is 5.26 Å². The van der Waals surface area contributed by atoms with Gasteiger partial charge < -0.3 is 9.13 Å². The molecule has 0 radical (unpaired) electrons. The molecule has 0 spiro atoms. The molecule has 2 aromatic heterocycles. The van der Waals surface area contributed by atoms with E-state index in [4.69, 9.17) is 0 Å². The van der Waals surface area contributed by atoms with Crippen molar-refractivity contribution in [3.05, 3.63) is 240 Å². The number of fused-ring (bicyclic) bond motifs is 6. The summed E-state index contributed by atoms with van der Waals surface area (Å²) in [5, 5.41) is 15.2. The van der Waals surface area contributed by atoms with E-state index in [0.29, 0.717) is 22.5 Å². The van der Waals surface area contributed by atoms with Crippen molar-refractivity contribution in [1.29, 1.82) is 5.26 Å². The van der Waals surface area contributed by atoms with Crippen molar-refractivity contribution in [2.24, 2.45) is 0 Å². The summed E-state index contributed by atoms with van der Waals surface area (Å²) < 4.78 is 50.4. The molecule has 0 saturated carbocycles. The van der Waals surface area contributed by atoms with Crippen LogP contribution in [0.3, 0.4) is 0 Å². The molecule has 6 heteroatoms. The first-order valence-corrected chi connectivity index (χ1v) is 24.1. The SMILES string of the molecule is Cc1ccc(-c2ccc3c(c2)c2cc(-c4ccc(C)cc4)ccc2n3-c2cc(-c3ccccc3C(F)(F)F)c(-n3c4ccc(-c5ccc(C)cc5)cc4c4cc(-c5ccc(C)cc5)ccc43)cc2C#N)cc1.